The highest BCUT2D eigenvalue weighted by Crippen LogP contribution is 2.51. The van der Waals surface area contributed by atoms with Crippen LogP contribution in [0.4, 0.5) is 55.5 Å². The summed E-state index contributed by atoms with van der Waals surface area (Å²) >= 11 is 0. The van der Waals surface area contributed by atoms with Crippen LogP contribution in [0, 0.1) is 11.6 Å². The molecule has 46 nitrogen and oxygen atoms in total. The fourth-order valence-corrected chi connectivity index (χ4v) is 20.8. The Hall–Kier alpha value is -12.5. The number of nitrogens with zero attached hydrogens (tertiary/aromatic N) is 18. The molecule has 4 unspecified atom stereocenters. The van der Waals surface area contributed by atoms with Crippen LogP contribution in [0.3, 0.4) is 0 Å². The fraction of sp³-hybridized carbons (Fsp3) is 0.359. The van der Waals surface area contributed by atoms with Gasteiger partial charge in [-0.15, -0.1) is 0 Å². The normalized spacial score (nSPS) is 20.4. The topological polar surface area (TPSA) is 704 Å². The number of anilines is 8. The summed E-state index contributed by atoms with van der Waals surface area (Å²) in [5.74, 6) is 21.4. The molecule has 4 saturated carbocycles. The summed E-state index contributed by atoms with van der Waals surface area (Å²) in [5.41, 5.74) is 0.638. The first-order chi connectivity index (χ1) is 61.6. The number of hydrazine groups is 4. The summed E-state index contributed by atoms with van der Waals surface area (Å²) in [6.07, 6.45) is 18.9. The quantitative estimate of drug-likeness (QED) is 0.0610. The number of nitrogens with two attached hydrogens (primary N) is 8. The molecule has 10 aromatic heterocycles. The number of hydrogen-bond donors (Lipinski definition) is 16. The van der Waals surface area contributed by atoms with Crippen LogP contribution in [0.15, 0.2) is 142 Å². The summed E-state index contributed by atoms with van der Waals surface area (Å²) in [6.45, 7) is 0. The molecule has 0 bridgehead atoms. The summed E-state index contributed by atoms with van der Waals surface area (Å²) < 4.78 is 127. The fourth-order valence-electron chi connectivity index (χ4n) is 18.8. The Balaban J connectivity index is 0.000000121. The highest BCUT2D eigenvalue weighted by molar-refractivity contribution is 7.90. The standard InChI is InChI=1S/2C20H22FN7O4S.2C19H22N8O4S/c21-13-9-12(4-5-15(13)33(23,31)32)25-19-24-10-11-8-14-17(29)28(22)18(30)20(6-2-1-3-7-20)27(14)16(11)26-19;21-13-9-12(33(23,31)32)4-5-14(13)25-19-24-10-11-8-15-17(29)28(22)18(30)20(6-2-1-3-7-20)27(15)16(11)26-19;20-27-16(28)13-8-11-9-23-18(24-14-5-4-12(10-22-14)32(21,30)31)25-15(11)26(13)19(17(27)29)6-2-1-3-7-19;20-27-16(28)13-8-11-9-23-18(24-12-4-5-14(22-10-12)32(21,30)31)25-15(11)26(13)19(17(27)29)6-2-1-3-7-19/h2*4-5,8-10,17,29H,1-3,6-7,22H2,(H2,23,31,32)(H,24,25,26);4-5,8-10,16,28H,1-3,6-7,20H2,(H2,21,30,31)(H,22,23,24,25);4-5,8-10,16,28H,1-3,6-7,20H2,(H2,21,30,31)(H,23,24,25). The molecule has 130 heavy (non-hydrogen) atoms. The number of benzene rings is 2. The molecule has 24 N–H and O–H groups in total. The maximum atomic E-state index is 14.5. The summed E-state index contributed by atoms with van der Waals surface area (Å²) in [5, 5.41) is 80.1. The number of primary sulfonamides is 4. The first kappa shape index (κ1) is 89.5. The van der Waals surface area contributed by atoms with Crippen molar-refractivity contribution in [1.29, 1.82) is 0 Å². The molecular weight excluding hydrogens is 1780 g/mol. The van der Waals surface area contributed by atoms with Gasteiger partial charge < -0.3 is 60.0 Å². The lowest BCUT2D eigenvalue weighted by atomic mass is 9.79. The molecule has 4 spiro atoms. The lowest BCUT2D eigenvalue weighted by Crippen LogP contribution is -2.59. The zero-order valence-electron chi connectivity index (χ0n) is 68.7. The minimum atomic E-state index is -4.19. The molecule has 14 heterocycles. The van der Waals surface area contributed by atoms with Gasteiger partial charge in [-0.3, -0.25) is 19.2 Å². The number of halogens is 2. The van der Waals surface area contributed by atoms with Crippen LogP contribution in [-0.4, -0.2) is 166 Å². The molecule has 4 aliphatic carbocycles. The van der Waals surface area contributed by atoms with Gasteiger partial charge >= 0.3 is 0 Å². The lowest BCUT2D eigenvalue weighted by molar-refractivity contribution is -0.161. The molecule has 52 heteroatoms. The van der Waals surface area contributed by atoms with E-state index in [0.29, 0.717) is 130 Å². The van der Waals surface area contributed by atoms with E-state index in [1.165, 1.54) is 61.1 Å². The average Bonchev–Trinajstić information content (AvgIpc) is 1.55. The van der Waals surface area contributed by atoms with E-state index in [-0.39, 0.29) is 73.6 Å². The third-order valence-corrected chi connectivity index (χ3v) is 28.5. The summed E-state index contributed by atoms with van der Waals surface area (Å²) in [6, 6.07) is 19.0. The molecule has 4 amide bonds. The molecule has 0 saturated heterocycles. The third kappa shape index (κ3) is 15.8. The van der Waals surface area contributed by atoms with E-state index < -0.39 is 104 Å². The smallest absolute Gasteiger partial charge is 0.265 e. The van der Waals surface area contributed by atoms with Crippen LogP contribution < -0.4 is 65.2 Å². The van der Waals surface area contributed by atoms with Crippen LogP contribution in [0.5, 0.6) is 0 Å². The highest BCUT2D eigenvalue weighted by Gasteiger charge is 2.56. The van der Waals surface area contributed by atoms with Crippen molar-refractivity contribution in [1.82, 2.24) is 88.1 Å². The van der Waals surface area contributed by atoms with E-state index in [2.05, 4.69) is 71.1 Å². The van der Waals surface area contributed by atoms with E-state index >= 15 is 0 Å². The second-order valence-corrected chi connectivity index (χ2v) is 39.1. The van der Waals surface area contributed by atoms with Crippen molar-refractivity contribution in [3.63, 3.8) is 0 Å². The SMILES string of the molecule is NN1C(=O)C2(CCCCC2)n2c(cc3cnc(Nc4ccc(S(N)(=O)=O)c(F)c4)nc32)C1O.NN1C(=O)C2(CCCCC2)n2c(cc3cnc(Nc4ccc(S(N)(=O)=O)cc4F)nc32)C1O.NN1C(=O)C2(CCCCC2)n2c(cc3cnc(Nc4ccc(S(N)(=O)=O)cn4)nc32)C1O.NN1C(=O)C2(CCCCC2)n2c(cc3cnc(Nc4ccc(S(N)(=O)=O)nc4)nc32)C1O. The molecule has 4 atom stereocenters. The van der Waals surface area contributed by atoms with Crippen molar-refractivity contribution < 1.29 is 82.1 Å². The molecule has 8 aliphatic rings. The van der Waals surface area contributed by atoms with Gasteiger partial charge in [0.2, 0.25) is 53.9 Å². The second-order valence-electron chi connectivity index (χ2n) is 33.0. The van der Waals surface area contributed by atoms with Crippen molar-refractivity contribution in [2.75, 3.05) is 21.3 Å². The van der Waals surface area contributed by atoms with E-state index in [9.17, 15) is 82.1 Å². The van der Waals surface area contributed by atoms with Gasteiger partial charge in [-0.1, -0.05) is 77.0 Å². The largest absolute Gasteiger partial charge is 0.367 e. The summed E-state index contributed by atoms with van der Waals surface area (Å²) in [4.78, 5) is 94.8. The number of pyridine rings is 2. The number of sulfonamides is 4. The predicted molar refractivity (Wildman–Crippen MR) is 458 cm³/mol. The lowest BCUT2D eigenvalue weighted by Gasteiger charge is -2.46. The van der Waals surface area contributed by atoms with Crippen LogP contribution in [0.1, 0.15) is 176 Å². The Labute approximate surface area is 737 Å². The number of aliphatic hydroxyl groups is 4. The first-order valence-electron chi connectivity index (χ1n) is 41.0. The monoisotopic (exact) mass is 1870 g/mol. The van der Waals surface area contributed by atoms with Gasteiger partial charge in [-0.2, -0.15) is 19.9 Å². The number of fused-ring (bicyclic) bond motifs is 16. The van der Waals surface area contributed by atoms with Crippen LogP contribution in [-0.2, 0) is 81.4 Å². The molecule has 12 aromatic rings. The minimum absolute atomic E-state index is 0.0359. The molecular formula is C78H88F2N30O16S4. The Kier molecular flexibility index (Phi) is 23.0. The molecule has 20 rings (SSSR count). The van der Waals surface area contributed by atoms with Crippen molar-refractivity contribution in [2.45, 2.75) is 195 Å². The van der Waals surface area contributed by atoms with Gasteiger partial charge in [0, 0.05) is 58.2 Å². The Morgan fingerprint density at radius 1 is 0.338 bits per heavy atom. The first-order valence-corrected chi connectivity index (χ1v) is 47.2. The van der Waals surface area contributed by atoms with Crippen LogP contribution in [0.25, 0.3) is 44.1 Å². The van der Waals surface area contributed by atoms with Crippen molar-refractivity contribution in [3.8, 4) is 0 Å². The van der Waals surface area contributed by atoms with Crippen molar-refractivity contribution in [3.05, 3.63) is 157 Å². The average molecular weight is 1870 g/mol. The number of amides is 4. The molecule has 2 aromatic carbocycles. The van der Waals surface area contributed by atoms with Gasteiger partial charge in [0.15, 0.2) is 29.9 Å². The number of nitrogens with one attached hydrogen (secondary N) is 4. The molecule has 0 radical (unpaired) electrons. The van der Waals surface area contributed by atoms with Gasteiger partial charge in [-0.25, -0.2) is 136 Å². The van der Waals surface area contributed by atoms with Gasteiger partial charge in [-0.05, 0) is 136 Å². The Morgan fingerprint density at radius 2 is 0.677 bits per heavy atom. The number of carbonyl (C=O) groups excluding carboxylic acids is 4. The molecule has 684 valence electrons. The predicted octanol–water partition coefficient (Wildman–Crippen LogP) is 3.82. The van der Waals surface area contributed by atoms with E-state index in [4.69, 9.17) is 43.9 Å². The van der Waals surface area contributed by atoms with Crippen molar-refractivity contribution in [2.24, 2.45) is 43.9 Å². The van der Waals surface area contributed by atoms with E-state index in [1.807, 2.05) is 9.13 Å². The Morgan fingerprint density at radius 3 is 0.985 bits per heavy atom. The zero-order valence-corrected chi connectivity index (χ0v) is 72.0. The van der Waals surface area contributed by atoms with E-state index in [0.717, 1.165) is 121 Å². The third-order valence-electron chi connectivity index (χ3n) is 25.0. The number of rotatable bonds is 12. The second kappa shape index (κ2) is 33.5. The number of hydrogen-bond acceptors (Lipinski definition) is 34. The van der Waals surface area contributed by atoms with Crippen molar-refractivity contribution >= 4 is 155 Å². The highest BCUT2D eigenvalue weighted by atomic mass is 32.2. The zero-order chi connectivity index (χ0) is 92.4. The maximum Gasteiger partial charge on any atom is 0.265 e. The van der Waals surface area contributed by atoms with Gasteiger partial charge in [0.1, 0.15) is 72.0 Å². The van der Waals surface area contributed by atoms with Crippen LogP contribution >= 0.6 is 0 Å². The summed E-state index contributed by atoms with van der Waals surface area (Å²) in [7, 11) is -16.0. The molecule has 4 fully saturated rings. The molecule has 4 aliphatic heterocycles. The number of carbonyl (C=O) groups is 4. The number of aliphatic hydroxyl groups excluding tert-OH is 4. The Bertz CT molecular complexity index is 6860. The van der Waals surface area contributed by atoms with Gasteiger partial charge in [0.25, 0.3) is 33.7 Å². The minimum Gasteiger partial charge on any atom is -0.367 e. The van der Waals surface area contributed by atoms with Gasteiger partial charge in [0.05, 0.1) is 45.2 Å². The van der Waals surface area contributed by atoms with E-state index in [1.54, 1.807) is 45.8 Å². The number of aromatic nitrogens is 14. The maximum absolute atomic E-state index is 14.5. The van der Waals surface area contributed by atoms with Crippen LogP contribution in [0.2, 0.25) is 0 Å².